The van der Waals surface area contributed by atoms with Gasteiger partial charge in [-0.1, -0.05) is 0 Å². The Hall–Kier alpha value is -1.86. The molecule has 0 aliphatic carbocycles. The summed E-state index contributed by atoms with van der Waals surface area (Å²) in [6, 6.07) is 2.89. The third-order valence-corrected chi connectivity index (χ3v) is 3.46. The van der Waals surface area contributed by atoms with Gasteiger partial charge in [-0.25, -0.2) is 13.8 Å². The Kier molecular flexibility index (Phi) is 4.75. The normalized spacial score (nSPS) is 10.6. The second-order valence-corrected chi connectivity index (χ2v) is 5.06. The van der Waals surface area contributed by atoms with Crippen LogP contribution in [0.2, 0.25) is 0 Å². The van der Waals surface area contributed by atoms with Crippen LogP contribution in [0.25, 0.3) is 0 Å². The van der Waals surface area contributed by atoms with E-state index in [0.29, 0.717) is 18.7 Å². The maximum atomic E-state index is 13.4. The van der Waals surface area contributed by atoms with Gasteiger partial charge in [-0.3, -0.25) is 4.79 Å². The van der Waals surface area contributed by atoms with Gasteiger partial charge < -0.3 is 11.1 Å². The van der Waals surface area contributed by atoms with Crippen LogP contribution >= 0.6 is 11.3 Å². The SMILES string of the molecule is NCCc1nc(CC(=O)Nc2cc(F)ccc2F)cs1. The van der Waals surface area contributed by atoms with Gasteiger partial charge in [-0.15, -0.1) is 11.3 Å². The molecule has 0 radical (unpaired) electrons. The van der Waals surface area contributed by atoms with Gasteiger partial charge in [0.25, 0.3) is 0 Å². The molecule has 1 aromatic heterocycles. The number of benzene rings is 1. The summed E-state index contributed by atoms with van der Waals surface area (Å²) in [5, 5.41) is 4.94. The van der Waals surface area contributed by atoms with Crippen molar-refractivity contribution in [1.29, 1.82) is 0 Å². The molecule has 0 fully saturated rings. The summed E-state index contributed by atoms with van der Waals surface area (Å²) in [5.41, 5.74) is 5.83. The lowest BCUT2D eigenvalue weighted by Crippen LogP contribution is -2.15. The fourth-order valence-corrected chi connectivity index (χ4v) is 2.43. The lowest BCUT2D eigenvalue weighted by molar-refractivity contribution is -0.115. The van der Waals surface area contributed by atoms with E-state index >= 15 is 0 Å². The summed E-state index contributed by atoms with van der Waals surface area (Å²) in [6.45, 7) is 0.494. The number of nitrogens with zero attached hydrogens (tertiary/aromatic N) is 1. The molecule has 0 saturated heterocycles. The summed E-state index contributed by atoms with van der Waals surface area (Å²) < 4.78 is 26.3. The predicted molar refractivity (Wildman–Crippen MR) is 73.6 cm³/mol. The minimum Gasteiger partial charge on any atom is -0.330 e. The third-order valence-electron chi connectivity index (χ3n) is 2.50. The Labute approximate surface area is 118 Å². The number of nitrogens with two attached hydrogens (primary N) is 1. The smallest absolute Gasteiger partial charge is 0.230 e. The number of thiazole rings is 1. The minimum atomic E-state index is -0.679. The second kappa shape index (κ2) is 6.53. The molecule has 106 valence electrons. The number of aromatic nitrogens is 1. The first-order valence-corrected chi connectivity index (χ1v) is 6.84. The van der Waals surface area contributed by atoms with Gasteiger partial charge in [0.2, 0.25) is 5.91 Å². The van der Waals surface area contributed by atoms with Crippen molar-refractivity contribution >= 4 is 22.9 Å². The first-order valence-electron chi connectivity index (χ1n) is 5.96. The molecule has 3 N–H and O–H groups in total. The standard InChI is InChI=1S/C13H13F2N3OS/c14-8-1-2-10(15)11(5-8)18-12(19)6-9-7-20-13(17-9)3-4-16/h1-2,5,7H,3-4,6,16H2,(H,18,19). The van der Waals surface area contributed by atoms with E-state index in [2.05, 4.69) is 10.3 Å². The molecule has 20 heavy (non-hydrogen) atoms. The van der Waals surface area contributed by atoms with Crippen molar-refractivity contribution in [3.63, 3.8) is 0 Å². The minimum absolute atomic E-state index is 0.0109. The van der Waals surface area contributed by atoms with E-state index in [0.717, 1.165) is 23.2 Å². The van der Waals surface area contributed by atoms with Gasteiger partial charge in [-0.05, 0) is 18.7 Å². The predicted octanol–water partition coefficient (Wildman–Crippen LogP) is 2.10. The third kappa shape index (κ3) is 3.82. The molecule has 0 atom stereocenters. The molecule has 0 bridgehead atoms. The van der Waals surface area contributed by atoms with Crippen LogP contribution in [0.5, 0.6) is 0 Å². The van der Waals surface area contributed by atoms with Crippen molar-refractivity contribution in [2.24, 2.45) is 5.73 Å². The molecule has 1 heterocycles. The van der Waals surface area contributed by atoms with E-state index in [9.17, 15) is 13.6 Å². The highest BCUT2D eigenvalue weighted by Crippen LogP contribution is 2.16. The van der Waals surface area contributed by atoms with Crippen molar-refractivity contribution < 1.29 is 13.6 Å². The first kappa shape index (κ1) is 14.5. The van der Waals surface area contributed by atoms with Crippen molar-refractivity contribution in [3.8, 4) is 0 Å². The van der Waals surface area contributed by atoms with Gasteiger partial charge in [0, 0.05) is 17.9 Å². The van der Waals surface area contributed by atoms with E-state index in [1.807, 2.05) is 0 Å². The van der Waals surface area contributed by atoms with Gasteiger partial charge in [0.15, 0.2) is 0 Å². The van der Waals surface area contributed by atoms with Gasteiger partial charge in [0.05, 0.1) is 22.8 Å². The van der Waals surface area contributed by atoms with Crippen molar-refractivity contribution in [2.45, 2.75) is 12.8 Å². The summed E-state index contributed by atoms with van der Waals surface area (Å²) in [4.78, 5) is 16.0. The quantitative estimate of drug-likeness (QED) is 0.888. The highest BCUT2D eigenvalue weighted by molar-refractivity contribution is 7.09. The van der Waals surface area contributed by atoms with Crippen molar-refractivity contribution in [2.75, 3.05) is 11.9 Å². The fraction of sp³-hybridized carbons (Fsp3) is 0.231. The number of hydrogen-bond acceptors (Lipinski definition) is 4. The molecule has 1 aromatic carbocycles. The molecular formula is C13H13F2N3OS. The highest BCUT2D eigenvalue weighted by atomic mass is 32.1. The maximum Gasteiger partial charge on any atom is 0.230 e. The van der Waals surface area contributed by atoms with E-state index in [-0.39, 0.29) is 12.1 Å². The van der Waals surface area contributed by atoms with Gasteiger partial charge >= 0.3 is 0 Å². The van der Waals surface area contributed by atoms with E-state index in [4.69, 9.17) is 5.73 Å². The zero-order valence-corrected chi connectivity index (χ0v) is 11.3. The number of hydrogen-bond donors (Lipinski definition) is 2. The fourth-order valence-electron chi connectivity index (χ4n) is 1.62. The largest absolute Gasteiger partial charge is 0.330 e. The van der Waals surface area contributed by atoms with Crippen LogP contribution in [0, 0.1) is 11.6 Å². The van der Waals surface area contributed by atoms with Crippen molar-refractivity contribution in [3.05, 3.63) is 45.9 Å². The first-order chi connectivity index (χ1) is 9.58. The molecule has 4 nitrogen and oxygen atoms in total. The monoisotopic (exact) mass is 297 g/mol. The van der Waals surface area contributed by atoms with Crippen LogP contribution in [0.3, 0.4) is 0 Å². The zero-order chi connectivity index (χ0) is 14.5. The number of amides is 1. The Balaban J connectivity index is 1.99. The molecule has 1 amide bonds. The molecule has 0 spiro atoms. The molecule has 0 aliphatic rings. The molecule has 7 heteroatoms. The Bertz CT molecular complexity index is 615. The van der Waals surface area contributed by atoms with E-state index in [1.165, 1.54) is 11.3 Å². The number of halogens is 2. The van der Waals surface area contributed by atoms with Crippen molar-refractivity contribution in [1.82, 2.24) is 4.98 Å². The number of rotatable bonds is 5. The summed E-state index contributed by atoms with van der Waals surface area (Å²) >= 11 is 1.42. The Morgan fingerprint density at radius 1 is 1.40 bits per heavy atom. The van der Waals surface area contributed by atoms with Crippen LogP contribution in [-0.4, -0.2) is 17.4 Å². The Morgan fingerprint density at radius 2 is 2.20 bits per heavy atom. The molecular weight excluding hydrogens is 284 g/mol. The van der Waals surface area contributed by atoms with Crippen LogP contribution in [0.15, 0.2) is 23.6 Å². The van der Waals surface area contributed by atoms with Crippen LogP contribution in [0.1, 0.15) is 10.7 Å². The van der Waals surface area contributed by atoms with E-state index in [1.54, 1.807) is 5.38 Å². The Morgan fingerprint density at radius 3 is 2.95 bits per heavy atom. The molecule has 2 rings (SSSR count). The van der Waals surface area contributed by atoms with Gasteiger partial charge in [0.1, 0.15) is 11.6 Å². The zero-order valence-electron chi connectivity index (χ0n) is 10.5. The number of anilines is 1. The summed E-state index contributed by atoms with van der Waals surface area (Å²) in [7, 11) is 0. The number of carbonyl (C=O) groups excluding carboxylic acids is 1. The van der Waals surface area contributed by atoms with Gasteiger partial charge in [-0.2, -0.15) is 0 Å². The average Bonchev–Trinajstić information content (AvgIpc) is 2.81. The van der Waals surface area contributed by atoms with Crippen LogP contribution in [0.4, 0.5) is 14.5 Å². The maximum absolute atomic E-state index is 13.4. The summed E-state index contributed by atoms with van der Waals surface area (Å²) in [6.07, 6.45) is 0.668. The number of nitrogens with one attached hydrogen (secondary N) is 1. The topological polar surface area (TPSA) is 68.0 Å². The molecule has 0 saturated carbocycles. The highest BCUT2D eigenvalue weighted by Gasteiger charge is 2.11. The molecule has 0 unspecified atom stereocenters. The molecule has 0 aliphatic heterocycles. The number of carbonyl (C=O) groups is 1. The van der Waals surface area contributed by atoms with E-state index < -0.39 is 17.5 Å². The van der Waals surface area contributed by atoms with Crippen LogP contribution in [-0.2, 0) is 17.6 Å². The second-order valence-electron chi connectivity index (χ2n) is 4.12. The summed E-state index contributed by atoms with van der Waals surface area (Å²) in [5.74, 6) is -1.73. The lowest BCUT2D eigenvalue weighted by atomic mass is 10.2. The average molecular weight is 297 g/mol. The van der Waals surface area contributed by atoms with Crippen LogP contribution < -0.4 is 11.1 Å². The lowest BCUT2D eigenvalue weighted by Gasteiger charge is -2.05. The molecule has 2 aromatic rings.